The van der Waals surface area contributed by atoms with Gasteiger partial charge in [-0.3, -0.25) is 19.9 Å². The Kier molecular flexibility index (Phi) is 10.4. The van der Waals surface area contributed by atoms with E-state index in [2.05, 4.69) is 15.1 Å². The molecule has 1 saturated heterocycles. The third-order valence-electron chi connectivity index (χ3n) is 8.61. The van der Waals surface area contributed by atoms with Crippen LogP contribution in [-0.2, 0) is 19.1 Å². The molecule has 1 atom stereocenters. The zero-order valence-electron chi connectivity index (χ0n) is 26.4. The summed E-state index contributed by atoms with van der Waals surface area (Å²) >= 11 is 0. The molecule has 1 unspecified atom stereocenters. The number of methoxy groups -OCH3 is 1. The maximum Gasteiger partial charge on any atom is 0.336 e. The first-order valence-electron chi connectivity index (χ1n) is 15.2. The Morgan fingerprint density at radius 2 is 1.40 bits per heavy atom. The molecule has 0 spiro atoms. The van der Waals surface area contributed by atoms with Crippen LogP contribution in [0.15, 0.2) is 95.3 Å². The molecule has 2 aliphatic rings. The van der Waals surface area contributed by atoms with E-state index in [9.17, 15) is 28.5 Å². The number of nitro benzene ring substituents is 1. The highest BCUT2D eigenvalue weighted by atomic mass is 19.1. The van der Waals surface area contributed by atoms with Crippen LogP contribution in [0.5, 0.6) is 0 Å². The summed E-state index contributed by atoms with van der Waals surface area (Å²) < 4.78 is 38.1. The van der Waals surface area contributed by atoms with E-state index in [1.807, 2.05) is 0 Å². The van der Waals surface area contributed by atoms with Crippen LogP contribution in [0.25, 0.3) is 0 Å². The number of nitro groups is 1. The Labute approximate surface area is 271 Å². The van der Waals surface area contributed by atoms with E-state index < -0.39 is 22.8 Å². The summed E-state index contributed by atoms with van der Waals surface area (Å²) in [6, 6.07) is 18.4. The smallest absolute Gasteiger partial charge is 0.336 e. The molecule has 47 heavy (non-hydrogen) atoms. The molecule has 0 amide bonds. The van der Waals surface area contributed by atoms with Gasteiger partial charge in [0, 0.05) is 55.7 Å². The summed E-state index contributed by atoms with van der Waals surface area (Å²) in [7, 11) is 1.21. The Bertz CT molecular complexity index is 1650. The Morgan fingerprint density at radius 3 is 1.94 bits per heavy atom. The average Bonchev–Trinajstić information content (AvgIpc) is 3.06. The second-order valence-corrected chi connectivity index (χ2v) is 11.5. The largest absolute Gasteiger partial charge is 0.466 e. The number of nitrogens with one attached hydrogen (secondary N) is 1. The van der Waals surface area contributed by atoms with Crippen LogP contribution in [0.4, 0.5) is 14.5 Å². The van der Waals surface area contributed by atoms with Crippen molar-refractivity contribution in [2.45, 2.75) is 25.8 Å². The van der Waals surface area contributed by atoms with Gasteiger partial charge in [-0.05, 0) is 49.2 Å². The fraction of sp³-hybridized carbons (Fsp3) is 0.314. The predicted octanol–water partition coefficient (Wildman–Crippen LogP) is 5.23. The van der Waals surface area contributed by atoms with Gasteiger partial charge in [0.2, 0.25) is 0 Å². The van der Waals surface area contributed by atoms with Crippen molar-refractivity contribution in [1.82, 2.24) is 15.1 Å². The van der Waals surface area contributed by atoms with E-state index in [4.69, 9.17) is 9.47 Å². The summed E-state index contributed by atoms with van der Waals surface area (Å²) in [5.41, 5.74) is 2.77. The molecule has 3 aromatic rings. The van der Waals surface area contributed by atoms with Gasteiger partial charge < -0.3 is 14.8 Å². The highest BCUT2D eigenvalue weighted by Gasteiger charge is 2.40. The molecule has 3 aromatic carbocycles. The van der Waals surface area contributed by atoms with Crippen molar-refractivity contribution in [1.29, 1.82) is 0 Å². The monoisotopic (exact) mass is 646 g/mol. The normalized spacial score (nSPS) is 17.4. The van der Waals surface area contributed by atoms with Gasteiger partial charge >= 0.3 is 11.9 Å². The number of carbonyl (C=O) groups excluding carboxylic acids is 2. The number of rotatable bonds is 10. The third kappa shape index (κ3) is 7.39. The Morgan fingerprint density at radius 1 is 0.872 bits per heavy atom. The number of ether oxygens (including phenoxy) is 2. The maximum atomic E-state index is 13.7. The molecular formula is C35H36F2N4O6. The number of hydrogen-bond acceptors (Lipinski definition) is 9. The van der Waals surface area contributed by atoms with Crippen LogP contribution >= 0.6 is 0 Å². The lowest BCUT2D eigenvalue weighted by atomic mass is 9.79. The van der Waals surface area contributed by atoms with Crippen molar-refractivity contribution in [3.05, 3.63) is 134 Å². The van der Waals surface area contributed by atoms with Gasteiger partial charge in [0.05, 0.1) is 35.1 Å². The second kappa shape index (κ2) is 14.7. The van der Waals surface area contributed by atoms with Crippen molar-refractivity contribution in [2.24, 2.45) is 0 Å². The highest BCUT2D eigenvalue weighted by molar-refractivity contribution is 6.00. The highest BCUT2D eigenvalue weighted by Crippen LogP contribution is 2.42. The fourth-order valence-corrected chi connectivity index (χ4v) is 6.35. The van der Waals surface area contributed by atoms with E-state index in [-0.39, 0.29) is 46.7 Å². The summed E-state index contributed by atoms with van der Waals surface area (Å²) in [4.78, 5) is 42.4. The lowest BCUT2D eigenvalue weighted by Crippen LogP contribution is -2.48. The van der Waals surface area contributed by atoms with Crippen LogP contribution in [0.1, 0.15) is 42.5 Å². The first-order chi connectivity index (χ1) is 22.6. The van der Waals surface area contributed by atoms with E-state index in [0.717, 1.165) is 11.1 Å². The quantitative estimate of drug-likeness (QED) is 0.180. The van der Waals surface area contributed by atoms with Gasteiger partial charge in [0.25, 0.3) is 5.69 Å². The summed E-state index contributed by atoms with van der Waals surface area (Å²) in [5, 5.41) is 15.0. The van der Waals surface area contributed by atoms with Crippen molar-refractivity contribution >= 4 is 17.6 Å². The zero-order valence-corrected chi connectivity index (χ0v) is 26.4. The van der Waals surface area contributed by atoms with E-state index in [0.29, 0.717) is 44.1 Å². The topological polar surface area (TPSA) is 114 Å². The van der Waals surface area contributed by atoms with E-state index in [1.165, 1.54) is 49.6 Å². The molecule has 0 radical (unpaired) electrons. The zero-order chi connectivity index (χ0) is 33.7. The summed E-state index contributed by atoms with van der Waals surface area (Å²) in [6.07, 6.45) is 0. The molecule has 2 heterocycles. The minimum atomic E-state index is -1.07. The number of para-hydroxylation sites is 1. The number of piperazine rings is 1. The van der Waals surface area contributed by atoms with Gasteiger partial charge in [-0.1, -0.05) is 42.5 Å². The van der Waals surface area contributed by atoms with Crippen molar-refractivity contribution in [3.8, 4) is 0 Å². The van der Waals surface area contributed by atoms with Gasteiger partial charge in [0.15, 0.2) is 0 Å². The lowest BCUT2D eigenvalue weighted by molar-refractivity contribution is -0.385. The molecule has 1 fully saturated rings. The van der Waals surface area contributed by atoms with Gasteiger partial charge in [0.1, 0.15) is 18.2 Å². The number of allylic oxidation sites excluding steroid dienone is 2. The first-order valence-corrected chi connectivity index (χ1v) is 15.2. The second-order valence-electron chi connectivity index (χ2n) is 11.5. The minimum Gasteiger partial charge on any atom is -0.466 e. The predicted molar refractivity (Wildman–Crippen MR) is 170 cm³/mol. The van der Waals surface area contributed by atoms with Crippen molar-refractivity contribution in [2.75, 3.05) is 46.4 Å². The number of halogens is 2. The van der Waals surface area contributed by atoms with Crippen LogP contribution in [0.3, 0.4) is 0 Å². The number of nitrogens with zero attached hydrogens (tertiary/aromatic N) is 3. The number of dihydropyridines is 1. The fourth-order valence-electron chi connectivity index (χ4n) is 6.35. The van der Waals surface area contributed by atoms with Gasteiger partial charge in [-0.25, -0.2) is 18.4 Å². The molecule has 0 aromatic heterocycles. The van der Waals surface area contributed by atoms with Gasteiger partial charge in [-0.15, -0.1) is 0 Å². The SMILES string of the molecule is COC(=O)C1=C(C)NC(C)=C(C(=O)OCCN2CCN(C(c3ccc(F)cc3)c3ccc(F)cc3)CC2)C1c1ccccc1[N+](=O)[O-]. The molecule has 10 nitrogen and oxygen atoms in total. The van der Waals surface area contributed by atoms with E-state index >= 15 is 0 Å². The molecule has 5 rings (SSSR count). The number of carbonyl (C=O) groups is 2. The molecule has 0 bridgehead atoms. The third-order valence-corrected chi connectivity index (χ3v) is 8.61. The summed E-state index contributed by atoms with van der Waals surface area (Å²) in [6.45, 7) is 6.44. The number of esters is 2. The number of benzene rings is 3. The molecule has 12 heteroatoms. The Hall–Kier alpha value is -4.94. The first kappa shape index (κ1) is 33.4. The Balaban J connectivity index is 1.27. The molecule has 0 saturated carbocycles. The molecule has 0 aliphatic carbocycles. The molecule has 246 valence electrons. The number of hydrogen-bond donors (Lipinski definition) is 1. The maximum absolute atomic E-state index is 13.7. The van der Waals surface area contributed by atoms with Crippen molar-refractivity contribution < 1.29 is 32.8 Å². The average molecular weight is 647 g/mol. The van der Waals surface area contributed by atoms with Gasteiger partial charge in [-0.2, -0.15) is 0 Å². The van der Waals surface area contributed by atoms with Crippen LogP contribution in [0.2, 0.25) is 0 Å². The minimum absolute atomic E-state index is 0.0504. The standard InChI is InChI=1S/C35H36F2N4O6/c1-22-30(34(42)46-3)32(28-6-4-5-7-29(28)41(44)45)31(23(2)38-22)35(43)47-21-20-39-16-18-40(19-17-39)33(24-8-12-26(36)13-9-24)25-10-14-27(37)15-11-25/h4-15,32-33,38H,16-21H2,1-3H3. The van der Waals surface area contributed by atoms with E-state index in [1.54, 1.807) is 44.2 Å². The molecule has 2 aliphatic heterocycles. The van der Waals surface area contributed by atoms with Crippen molar-refractivity contribution in [3.63, 3.8) is 0 Å². The van der Waals surface area contributed by atoms with Crippen LogP contribution in [-0.4, -0.2) is 73.1 Å². The molecular weight excluding hydrogens is 610 g/mol. The van der Waals surface area contributed by atoms with Crippen LogP contribution in [0, 0.1) is 21.7 Å². The summed E-state index contributed by atoms with van der Waals surface area (Å²) in [5.74, 6) is -3.15. The lowest BCUT2D eigenvalue weighted by Gasteiger charge is -2.39. The van der Waals surface area contributed by atoms with Crippen LogP contribution < -0.4 is 5.32 Å². The molecule has 1 N–H and O–H groups in total.